The number of alkyl halides is 1. The van der Waals surface area contributed by atoms with E-state index < -0.39 is 0 Å². The van der Waals surface area contributed by atoms with Crippen molar-refractivity contribution in [1.82, 2.24) is 4.90 Å². The minimum atomic E-state index is 0.315. The second-order valence-corrected chi connectivity index (χ2v) is 5.91. The number of carbonyl (C=O) groups excluding carboxylic acids is 1. The third-order valence-electron chi connectivity index (χ3n) is 4.31. The average Bonchev–Trinajstić information content (AvgIpc) is 2.68. The van der Waals surface area contributed by atoms with Crippen molar-refractivity contribution in [1.29, 1.82) is 0 Å². The highest BCUT2D eigenvalue weighted by Gasteiger charge is 2.29. The molecule has 3 heteroatoms. The molecule has 17 heavy (non-hydrogen) atoms. The molecule has 0 radical (unpaired) electrons. The zero-order valence-corrected chi connectivity index (χ0v) is 11.4. The summed E-state index contributed by atoms with van der Waals surface area (Å²) < 4.78 is 0. The summed E-state index contributed by atoms with van der Waals surface area (Å²) in [5.41, 5.74) is 0. The van der Waals surface area contributed by atoms with Gasteiger partial charge in [0.2, 0.25) is 5.91 Å². The molecule has 2 nitrogen and oxygen atoms in total. The van der Waals surface area contributed by atoms with Gasteiger partial charge in [-0.25, -0.2) is 0 Å². The molecule has 98 valence electrons. The molecule has 1 aliphatic heterocycles. The van der Waals surface area contributed by atoms with Gasteiger partial charge in [0, 0.05) is 24.9 Å². The summed E-state index contributed by atoms with van der Waals surface area (Å²) in [6.07, 6.45) is 10.9. The van der Waals surface area contributed by atoms with Crippen LogP contribution in [0.15, 0.2) is 0 Å². The molecule has 1 saturated heterocycles. The van der Waals surface area contributed by atoms with E-state index in [4.69, 9.17) is 11.6 Å². The highest BCUT2D eigenvalue weighted by Crippen LogP contribution is 2.28. The minimum Gasteiger partial charge on any atom is -0.339 e. The summed E-state index contributed by atoms with van der Waals surface area (Å²) >= 11 is 5.92. The Hall–Kier alpha value is -0.240. The first kappa shape index (κ1) is 13.2. The van der Waals surface area contributed by atoms with E-state index in [1.165, 1.54) is 38.5 Å². The predicted molar refractivity (Wildman–Crippen MR) is 71.3 cm³/mol. The van der Waals surface area contributed by atoms with Crippen LogP contribution in [0.25, 0.3) is 0 Å². The van der Waals surface area contributed by atoms with E-state index in [0.717, 1.165) is 25.8 Å². The number of nitrogens with zero attached hydrogens (tertiary/aromatic N) is 1. The van der Waals surface area contributed by atoms with Crippen molar-refractivity contribution in [2.75, 3.05) is 12.4 Å². The van der Waals surface area contributed by atoms with Gasteiger partial charge >= 0.3 is 0 Å². The molecule has 1 unspecified atom stereocenters. The fourth-order valence-electron chi connectivity index (χ4n) is 3.26. The van der Waals surface area contributed by atoms with Crippen LogP contribution in [0.5, 0.6) is 0 Å². The van der Waals surface area contributed by atoms with Crippen LogP contribution in [0.3, 0.4) is 0 Å². The highest BCUT2D eigenvalue weighted by molar-refractivity contribution is 6.18. The van der Waals surface area contributed by atoms with Crippen molar-refractivity contribution in [2.45, 2.75) is 63.8 Å². The van der Waals surface area contributed by atoms with E-state index in [1.807, 2.05) is 4.90 Å². The minimum absolute atomic E-state index is 0.315. The van der Waals surface area contributed by atoms with Gasteiger partial charge in [-0.2, -0.15) is 0 Å². The number of likely N-dealkylation sites (tertiary alicyclic amines) is 1. The number of carbonyl (C=O) groups is 1. The number of hydrogen-bond acceptors (Lipinski definition) is 1. The molecule has 2 fully saturated rings. The Morgan fingerprint density at radius 2 is 1.76 bits per heavy atom. The summed E-state index contributed by atoms with van der Waals surface area (Å²) in [6, 6.07) is 0.315. The number of amides is 1. The summed E-state index contributed by atoms with van der Waals surface area (Å²) in [6.45, 7) is 0.933. The zero-order chi connectivity index (χ0) is 12.1. The quantitative estimate of drug-likeness (QED) is 0.559. The summed E-state index contributed by atoms with van der Waals surface area (Å²) in [5, 5.41) is 0. The van der Waals surface area contributed by atoms with Crippen LogP contribution >= 0.6 is 11.6 Å². The van der Waals surface area contributed by atoms with Gasteiger partial charge in [-0.15, -0.1) is 11.6 Å². The van der Waals surface area contributed by atoms with Gasteiger partial charge in [0.1, 0.15) is 0 Å². The monoisotopic (exact) mass is 257 g/mol. The number of hydrogen-bond donors (Lipinski definition) is 0. The maximum atomic E-state index is 12.3. The Kier molecular flexibility index (Phi) is 5.15. The van der Waals surface area contributed by atoms with E-state index in [1.54, 1.807) is 0 Å². The number of rotatable bonds is 3. The first-order valence-corrected chi connectivity index (χ1v) is 7.70. The molecular formula is C14H24ClNO. The van der Waals surface area contributed by atoms with Gasteiger partial charge in [0.25, 0.3) is 0 Å². The van der Waals surface area contributed by atoms with Gasteiger partial charge in [0.15, 0.2) is 0 Å². The molecule has 2 aliphatic rings. The smallest absolute Gasteiger partial charge is 0.223 e. The van der Waals surface area contributed by atoms with Gasteiger partial charge < -0.3 is 4.90 Å². The second kappa shape index (κ2) is 6.63. The van der Waals surface area contributed by atoms with Gasteiger partial charge in [-0.05, 0) is 31.6 Å². The molecule has 0 N–H and O–H groups in total. The van der Waals surface area contributed by atoms with Crippen LogP contribution in [0.1, 0.15) is 57.8 Å². The largest absolute Gasteiger partial charge is 0.339 e. The van der Waals surface area contributed by atoms with E-state index in [9.17, 15) is 4.79 Å². The summed E-state index contributed by atoms with van der Waals surface area (Å²) in [5.74, 6) is 1.61. The third kappa shape index (κ3) is 3.61. The van der Waals surface area contributed by atoms with Crippen molar-refractivity contribution in [2.24, 2.45) is 5.92 Å². The Morgan fingerprint density at radius 1 is 1.06 bits per heavy atom. The van der Waals surface area contributed by atoms with Crippen LogP contribution in [-0.4, -0.2) is 29.3 Å². The van der Waals surface area contributed by atoms with Crippen molar-refractivity contribution in [3.05, 3.63) is 0 Å². The third-order valence-corrected chi connectivity index (χ3v) is 4.67. The SMILES string of the molecule is O=C(CC1CCCCCC1)N1CCCC1CCl. The molecule has 0 aromatic carbocycles. The van der Waals surface area contributed by atoms with Gasteiger partial charge in [-0.1, -0.05) is 25.7 Å². The van der Waals surface area contributed by atoms with Crippen LogP contribution in [0.4, 0.5) is 0 Å². The summed E-state index contributed by atoms with van der Waals surface area (Å²) in [4.78, 5) is 14.3. The van der Waals surface area contributed by atoms with Crippen molar-refractivity contribution in [3.63, 3.8) is 0 Å². The van der Waals surface area contributed by atoms with Crippen LogP contribution < -0.4 is 0 Å². The van der Waals surface area contributed by atoms with Gasteiger partial charge in [-0.3, -0.25) is 4.79 Å². The highest BCUT2D eigenvalue weighted by atomic mass is 35.5. The van der Waals surface area contributed by atoms with Crippen LogP contribution in [0.2, 0.25) is 0 Å². The predicted octanol–water partition coefficient (Wildman–Crippen LogP) is 3.58. The Morgan fingerprint density at radius 3 is 2.41 bits per heavy atom. The van der Waals surface area contributed by atoms with Gasteiger partial charge in [0.05, 0.1) is 0 Å². The van der Waals surface area contributed by atoms with Crippen molar-refractivity contribution < 1.29 is 4.79 Å². The Balaban J connectivity index is 1.82. The van der Waals surface area contributed by atoms with E-state index >= 15 is 0 Å². The van der Waals surface area contributed by atoms with Crippen LogP contribution in [0, 0.1) is 5.92 Å². The normalized spacial score (nSPS) is 27.1. The standard InChI is InChI=1S/C14H24ClNO/c15-11-13-8-5-9-16(13)14(17)10-12-6-3-1-2-4-7-12/h12-13H,1-11H2. The van der Waals surface area contributed by atoms with Crippen molar-refractivity contribution in [3.8, 4) is 0 Å². The van der Waals surface area contributed by atoms with Crippen LogP contribution in [-0.2, 0) is 4.79 Å². The molecule has 1 heterocycles. The average molecular weight is 258 g/mol. The van der Waals surface area contributed by atoms with E-state index in [2.05, 4.69) is 0 Å². The lowest BCUT2D eigenvalue weighted by molar-refractivity contribution is -0.132. The molecule has 1 saturated carbocycles. The topological polar surface area (TPSA) is 20.3 Å². The molecule has 0 bridgehead atoms. The molecule has 0 spiro atoms. The lowest BCUT2D eigenvalue weighted by Gasteiger charge is -2.25. The molecule has 1 atom stereocenters. The maximum absolute atomic E-state index is 12.3. The first-order chi connectivity index (χ1) is 8.31. The Labute approximate surface area is 110 Å². The van der Waals surface area contributed by atoms with E-state index in [0.29, 0.717) is 23.7 Å². The summed E-state index contributed by atoms with van der Waals surface area (Å²) in [7, 11) is 0. The maximum Gasteiger partial charge on any atom is 0.223 e. The zero-order valence-electron chi connectivity index (χ0n) is 10.7. The fraction of sp³-hybridized carbons (Fsp3) is 0.929. The number of halogens is 1. The molecule has 0 aromatic heterocycles. The molecular weight excluding hydrogens is 234 g/mol. The fourth-order valence-corrected chi connectivity index (χ4v) is 3.58. The van der Waals surface area contributed by atoms with E-state index in [-0.39, 0.29) is 0 Å². The molecule has 0 aromatic rings. The molecule has 1 amide bonds. The molecule has 1 aliphatic carbocycles. The van der Waals surface area contributed by atoms with Crippen molar-refractivity contribution >= 4 is 17.5 Å². The lowest BCUT2D eigenvalue weighted by Crippen LogP contribution is -2.37. The first-order valence-electron chi connectivity index (χ1n) is 7.16. The second-order valence-electron chi connectivity index (χ2n) is 5.60. The molecule has 2 rings (SSSR count). The lowest BCUT2D eigenvalue weighted by atomic mass is 9.96. The Bertz CT molecular complexity index is 249.